The van der Waals surface area contributed by atoms with Gasteiger partial charge in [-0.2, -0.15) is 4.31 Å². The van der Waals surface area contributed by atoms with Crippen molar-refractivity contribution in [2.24, 2.45) is 5.92 Å². The first-order valence-electron chi connectivity index (χ1n) is 10.4. The molecule has 7 heteroatoms. The fraction of sp³-hybridized carbons (Fsp3) is 0.522. The van der Waals surface area contributed by atoms with E-state index in [1.165, 1.54) is 0 Å². The Morgan fingerprint density at radius 3 is 2.20 bits per heavy atom. The van der Waals surface area contributed by atoms with Crippen molar-refractivity contribution >= 4 is 27.3 Å². The molecule has 3 rings (SSSR count). The Hall–Kier alpha value is -1.70. The minimum Gasteiger partial charge on any atom is -0.338 e. The lowest BCUT2D eigenvalue weighted by molar-refractivity contribution is -0.137. The van der Waals surface area contributed by atoms with Gasteiger partial charge in [-0.3, -0.25) is 4.79 Å². The quantitative estimate of drug-likeness (QED) is 0.672. The molecule has 2 heterocycles. The third-order valence-electron chi connectivity index (χ3n) is 6.58. The van der Waals surface area contributed by atoms with Crippen molar-refractivity contribution in [2.75, 3.05) is 20.1 Å². The van der Waals surface area contributed by atoms with Gasteiger partial charge >= 0.3 is 0 Å². The maximum Gasteiger partial charge on any atom is 0.243 e. The average molecular weight is 449 g/mol. The molecule has 1 atom stereocenters. The summed E-state index contributed by atoms with van der Waals surface area (Å²) in [4.78, 5) is 16.4. The summed E-state index contributed by atoms with van der Waals surface area (Å²) < 4.78 is 28.4. The largest absolute Gasteiger partial charge is 0.338 e. The number of amides is 1. The molecule has 2 aromatic rings. The normalized spacial score (nSPS) is 17.1. The van der Waals surface area contributed by atoms with Gasteiger partial charge in [0.05, 0.1) is 10.9 Å². The molecule has 1 aliphatic rings. The van der Waals surface area contributed by atoms with Crippen LogP contribution >= 0.6 is 11.3 Å². The molecule has 0 bridgehead atoms. The van der Waals surface area contributed by atoms with Crippen molar-refractivity contribution in [2.45, 2.75) is 58.4 Å². The highest BCUT2D eigenvalue weighted by atomic mass is 32.2. The first kappa shape index (κ1) is 23.0. The summed E-state index contributed by atoms with van der Waals surface area (Å²) in [5.74, 6) is -0.0305. The van der Waals surface area contributed by atoms with Gasteiger partial charge in [0.25, 0.3) is 0 Å². The fourth-order valence-electron chi connectivity index (χ4n) is 4.24. The summed E-state index contributed by atoms with van der Waals surface area (Å²) in [6.07, 6.45) is 1.12. The van der Waals surface area contributed by atoms with Gasteiger partial charge in [-0.05, 0) is 81.2 Å². The molecule has 0 radical (unpaired) electrons. The van der Waals surface area contributed by atoms with Gasteiger partial charge in [-0.15, -0.1) is 11.3 Å². The van der Waals surface area contributed by atoms with Crippen LogP contribution in [0.15, 0.2) is 28.5 Å². The smallest absolute Gasteiger partial charge is 0.243 e. The number of hydrogen-bond donors (Lipinski definition) is 0. The van der Waals surface area contributed by atoms with E-state index in [-0.39, 0.29) is 17.9 Å². The van der Waals surface area contributed by atoms with E-state index >= 15 is 0 Å². The van der Waals surface area contributed by atoms with Crippen LogP contribution in [0, 0.1) is 33.6 Å². The zero-order valence-electron chi connectivity index (χ0n) is 18.7. The molecule has 1 aromatic carbocycles. The highest BCUT2D eigenvalue weighted by molar-refractivity contribution is 7.89. The summed E-state index contributed by atoms with van der Waals surface area (Å²) in [6, 6.07) is 6.11. The van der Waals surface area contributed by atoms with Gasteiger partial charge in [0, 0.05) is 30.9 Å². The van der Waals surface area contributed by atoms with Crippen molar-refractivity contribution in [3.8, 4) is 0 Å². The number of benzene rings is 1. The second-order valence-electron chi connectivity index (χ2n) is 8.41. The summed E-state index contributed by atoms with van der Waals surface area (Å²) in [6.45, 7) is 10.5. The minimum absolute atomic E-state index is 0.0276. The molecule has 0 aliphatic carbocycles. The van der Waals surface area contributed by atoms with Crippen LogP contribution in [0.3, 0.4) is 0 Å². The molecule has 1 aliphatic heterocycles. The standard InChI is InChI=1S/C23H32N2O3S2/c1-15-14-16(2)18(4)22(17(15)3)30(27,28)25-11-9-20(10-12-25)23(26)24(6)19(5)21-8-7-13-29-21/h7-8,13-14,19-20H,9-12H2,1-6H3. The molecule has 1 fully saturated rings. The first-order valence-corrected chi connectivity index (χ1v) is 12.7. The van der Waals surface area contributed by atoms with Gasteiger partial charge in [0.1, 0.15) is 0 Å². The number of sulfonamides is 1. The van der Waals surface area contributed by atoms with Crippen LogP contribution in [-0.2, 0) is 14.8 Å². The van der Waals surface area contributed by atoms with Crippen molar-refractivity contribution in [1.82, 2.24) is 9.21 Å². The Kier molecular flexibility index (Phi) is 6.75. The molecule has 1 amide bonds. The first-order chi connectivity index (χ1) is 14.1. The van der Waals surface area contributed by atoms with Crippen molar-refractivity contribution < 1.29 is 13.2 Å². The summed E-state index contributed by atoms with van der Waals surface area (Å²) >= 11 is 1.65. The summed E-state index contributed by atoms with van der Waals surface area (Å²) in [5, 5.41) is 2.02. The molecule has 0 N–H and O–H groups in total. The van der Waals surface area contributed by atoms with Gasteiger partial charge in [-0.1, -0.05) is 12.1 Å². The molecule has 1 aromatic heterocycles. The average Bonchev–Trinajstić information content (AvgIpc) is 3.25. The van der Waals surface area contributed by atoms with Gasteiger partial charge in [-0.25, -0.2) is 8.42 Å². The van der Waals surface area contributed by atoms with Crippen LogP contribution < -0.4 is 0 Å². The number of rotatable bonds is 5. The Bertz CT molecular complexity index is 995. The van der Waals surface area contributed by atoms with E-state index in [4.69, 9.17) is 0 Å². The third-order valence-corrected chi connectivity index (χ3v) is 9.80. The van der Waals surface area contributed by atoms with Crippen LogP contribution in [0.25, 0.3) is 0 Å². The highest BCUT2D eigenvalue weighted by Gasteiger charge is 2.35. The molecule has 1 saturated heterocycles. The molecule has 0 spiro atoms. The van der Waals surface area contributed by atoms with Crippen molar-refractivity contribution in [3.63, 3.8) is 0 Å². The topological polar surface area (TPSA) is 57.7 Å². The van der Waals surface area contributed by atoms with Crippen LogP contribution in [0.5, 0.6) is 0 Å². The van der Waals surface area contributed by atoms with Crippen molar-refractivity contribution in [1.29, 1.82) is 0 Å². The zero-order chi connectivity index (χ0) is 22.2. The molecule has 5 nitrogen and oxygen atoms in total. The lowest BCUT2D eigenvalue weighted by atomic mass is 9.96. The third kappa shape index (κ3) is 4.20. The lowest BCUT2D eigenvalue weighted by Crippen LogP contribution is -2.44. The van der Waals surface area contributed by atoms with E-state index in [0.29, 0.717) is 30.8 Å². The Labute approximate surface area is 184 Å². The molecule has 30 heavy (non-hydrogen) atoms. The van der Waals surface area contributed by atoms with E-state index < -0.39 is 10.0 Å². The predicted molar refractivity (Wildman–Crippen MR) is 122 cm³/mol. The van der Waals surface area contributed by atoms with E-state index in [0.717, 1.165) is 27.1 Å². The second kappa shape index (κ2) is 8.81. The molecule has 0 saturated carbocycles. The predicted octanol–water partition coefficient (Wildman–Crippen LogP) is 4.60. The highest BCUT2D eigenvalue weighted by Crippen LogP contribution is 2.32. The number of carbonyl (C=O) groups excluding carboxylic acids is 1. The van der Waals surface area contributed by atoms with Crippen molar-refractivity contribution in [3.05, 3.63) is 50.7 Å². The van der Waals surface area contributed by atoms with E-state index in [9.17, 15) is 13.2 Å². The Balaban J connectivity index is 1.73. The molecular weight excluding hydrogens is 416 g/mol. The van der Waals surface area contributed by atoms with Crippen LogP contribution in [0.2, 0.25) is 0 Å². The van der Waals surface area contributed by atoms with E-state index in [2.05, 4.69) is 0 Å². The van der Waals surface area contributed by atoms with Gasteiger partial charge < -0.3 is 4.90 Å². The molecular formula is C23H32N2O3S2. The van der Waals surface area contributed by atoms with E-state index in [1.807, 2.05) is 65.2 Å². The zero-order valence-corrected chi connectivity index (χ0v) is 20.4. The lowest BCUT2D eigenvalue weighted by Gasteiger charge is -2.34. The molecule has 1 unspecified atom stereocenters. The van der Waals surface area contributed by atoms with Crippen LogP contribution in [0.4, 0.5) is 0 Å². The monoisotopic (exact) mass is 448 g/mol. The summed E-state index contributed by atoms with van der Waals surface area (Å²) in [7, 11) is -1.73. The minimum atomic E-state index is -3.58. The second-order valence-corrected chi connectivity index (χ2v) is 11.3. The molecule has 164 valence electrons. The number of nitrogens with zero attached hydrogens (tertiary/aromatic N) is 2. The fourth-order valence-corrected chi connectivity index (χ4v) is 7.11. The number of carbonyl (C=O) groups is 1. The van der Waals surface area contributed by atoms with Crippen LogP contribution in [0.1, 0.15) is 52.9 Å². The number of thiophene rings is 1. The van der Waals surface area contributed by atoms with Gasteiger partial charge in [0.15, 0.2) is 0 Å². The maximum atomic E-state index is 13.4. The van der Waals surface area contributed by atoms with Gasteiger partial charge in [0.2, 0.25) is 15.9 Å². The van der Waals surface area contributed by atoms with Crippen LogP contribution in [-0.4, -0.2) is 43.7 Å². The Morgan fingerprint density at radius 1 is 1.13 bits per heavy atom. The maximum absolute atomic E-state index is 13.4. The SMILES string of the molecule is Cc1cc(C)c(C)c(S(=O)(=O)N2CCC(C(=O)N(C)C(C)c3cccs3)CC2)c1C. The summed E-state index contributed by atoms with van der Waals surface area (Å²) in [5.41, 5.74) is 3.62. The number of aryl methyl sites for hydroxylation is 2. The van der Waals surface area contributed by atoms with E-state index in [1.54, 1.807) is 20.5 Å². The number of hydrogen-bond acceptors (Lipinski definition) is 4. The Morgan fingerprint density at radius 2 is 1.70 bits per heavy atom. The number of piperidine rings is 1.